The summed E-state index contributed by atoms with van der Waals surface area (Å²) < 4.78 is 0. The van der Waals surface area contributed by atoms with Crippen molar-refractivity contribution in [3.63, 3.8) is 0 Å². The molecule has 0 fully saturated rings. The molecule has 2 aromatic rings. The van der Waals surface area contributed by atoms with E-state index in [1.54, 1.807) is 0 Å². The molecule has 2 N–H and O–H groups in total. The minimum absolute atomic E-state index is 0.521. The van der Waals surface area contributed by atoms with Crippen molar-refractivity contribution in [2.24, 2.45) is 4.99 Å². The SMILES string of the molecule is CCNC(=NCc1ccccc1CN(C)C)NCCc1ccc(Cl)nc1. The molecule has 0 aliphatic carbocycles. The van der Waals surface area contributed by atoms with Crippen LogP contribution in [0.4, 0.5) is 0 Å². The summed E-state index contributed by atoms with van der Waals surface area (Å²) in [5, 5.41) is 7.20. The third-order valence-corrected chi connectivity index (χ3v) is 4.08. The monoisotopic (exact) mass is 373 g/mol. The lowest BCUT2D eigenvalue weighted by atomic mass is 10.1. The molecule has 140 valence electrons. The molecule has 6 heteroatoms. The molecule has 26 heavy (non-hydrogen) atoms. The molecule has 0 saturated heterocycles. The van der Waals surface area contributed by atoms with Gasteiger partial charge in [-0.15, -0.1) is 0 Å². The average Bonchev–Trinajstić information content (AvgIpc) is 2.62. The van der Waals surface area contributed by atoms with Gasteiger partial charge in [-0.2, -0.15) is 0 Å². The first kappa shape index (κ1) is 20.2. The molecule has 2 rings (SSSR count). The Hall–Kier alpha value is -2.11. The lowest BCUT2D eigenvalue weighted by Gasteiger charge is -2.14. The lowest BCUT2D eigenvalue weighted by Crippen LogP contribution is -2.38. The number of aliphatic imine (C=N–C) groups is 1. The van der Waals surface area contributed by atoms with E-state index in [0.29, 0.717) is 11.7 Å². The highest BCUT2D eigenvalue weighted by atomic mass is 35.5. The summed E-state index contributed by atoms with van der Waals surface area (Å²) in [6, 6.07) is 12.3. The van der Waals surface area contributed by atoms with E-state index in [1.807, 2.05) is 18.3 Å². The number of benzene rings is 1. The van der Waals surface area contributed by atoms with Crippen LogP contribution in [0, 0.1) is 0 Å². The first-order valence-electron chi connectivity index (χ1n) is 8.92. The van der Waals surface area contributed by atoms with Gasteiger partial charge < -0.3 is 15.5 Å². The third kappa shape index (κ3) is 7.02. The van der Waals surface area contributed by atoms with Crippen molar-refractivity contribution in [1.82, 2.24) is 20.5 Å². The van der Waals surface area contributed by atoms with Crippen molar-refractivity contribution in [2.45, 2.75) is 26.4 Å². The van der Waals surface area contributed by atoms with Gasteiger partial charge in [-0.25, -0.2) is 9.98 Å². The van der Waals surface area contributed by atoms with E-state index in [9.17, 15) is 0 Å². The van der Waals surface area contributed by atoms with Crippen LogP contribution < -0.4 is 10.6 Å². The highest BCUT2D eigenvalue weighted by Crippen LogP contribution is 2.11. The summed E-state index contributed by atoms with van der Waals surface area (Å²) in [5.41, 5.74) is 3.71. The van der Waals surface area contributed by atoms with Crippen LogP contribution in [0.25, 0.3) is 0 Å². The second-order valence-electron chi connectivity index (χ2n) is 6.37. The van der Waals surface area contributed by atoms with Crippen LogP contribution >= 0.6 is 11.6 Å². The standard InChI is InChI=1S/C20H28ClN5/c1-4-22-20(23-12-11-16-9-10-19(21)24-13-16)25-14-17-7-5-6-8-18(17)15-26(2)3/h5-10,13H,4,11-12,14-15H2,1-3H3,(H2,22,23,25). The van der Waals surface area contributed by atoms with Gasteiger partial charge >= 0.3 is 0 Å². The fourth-order valence-electron chi connectivity index (χ4n) is 2.59. The van der Waals surface area contributed by atoms with E-state index >= 15 is 0 Å². The minimum atomic E-state index is 0.521. The Bertz CT molecular complexity index is 698. The lowest BCUT2D eigenvalue weighted by molar-refractivity contribution is 0.401. The first-order chi connectivity index (χ1) is 12.6. The zero-order valence-electron chi connectivity index (χ0n) is 15.8. The molecule has 1 aromatic carbocycles. The summed E-state index contributed by atoms with van der Waals surface area (Å²) in [6.07, 6.45) is 2.68. The number of aromatic nitrogens is 1. The summed E-state index contributed by atoms with van der Waals surface area (Å²) in [5.74, 6) is 0.828. The van der Waals surface area contributed by atoms with Crippen molar-refractivity contribution < 1.29 is 0 Å². The number of guanidine groups is 1. The fraction of sp³-hybridized carbons (Fsp3) is 0.400. The minimum Gasteiger partial charge on any atom is -0.357 e. The molecular formula is C20H28ClN5. The molecule has 0 saturated carbocycles. The van der Waals surface area contributed by atoms with E-state index in [-0.39, 0.29) is 0 Å². The summed E-state index contributed by atoms with van der Waals surface area (Å²) >= 11 is 5.82. The summed E-state index contributed by atoms with van der Waals surface area (Å²) in [4.78, 5) is 11.0. The Morgan fingerprint density at radius 1 is 1.12 bits per heavy atom. The van der Waals surface area contributed by atoms with E-state index < -0.39 is 0 Å². The van der Waals surface area contributed by atoms with Gasteiger partial charge in [-0.3, -0.25) is 0 Å². The van der Waals surface area contributed by atoms with Crippen LogP contribution in [0.5, 0.6) is 0 Å². The highest BCUT2D eigenvalue weighted by molar-refractivity contribution is 6.29. The molecule has 0 radical (unpaired) electrons. The van der Waals surface area contributed by atoms with Gasteiger partial charge in [0.1, 0.15) is 5.15 Å². The van der Waals surface area contributed by atoms with Gasteiger partial charge in [-0.1, -0.05) is 41.9 Å². The number of pyridine rings is 1. The second kappa shape index (κ2) is 10.8. The van der Waals surface area contributed by atoms with E-state index in [4.69, 9.17) is 16.6 Å². The normalized spacial score (nSPS) is 11.7. The van der Waals surface area contributed by atoms with Gasteiger partial charge in [0.2, 0.25) is 0 Å². The van der Waals surface area contributed by atoms with Crippen molar-refractivity contribution in [1.29, 1.82) is 0 Å². The van der Waals surface area contributed by atoms with E-state index in [1.165, 1.54) is 11.1 Å². The molecule has 0 atom stereocenters. The molecule has 0 unspecified atom stereocenters. The van der Waals surface area contributed by atoms with Gasteiger partial charge in [0.25, 0.3) is 0 Å². The van der Waals surface area contributed by atoms with Gasteiger partial charge in [0.05, 0.1) is 6.54 Å². The Balaban J connectivity index is 1.94. The van der Waals surface area contributed by atoms with Gasteiger partial charge in [0, 0.05) is 25.8 Å². The van der Waals surface area contributed by atoms with E-state index in [2.05, 4.69) is 65.8 Å². The van der Waals surface area contributed by atoms with Crippen LogP contribution in [-0.2, 0) is 19.5 Å². The predicted octanol–water partition coefficient (Wildman–Crippen LogP) is 3.09. The van der Waals surface area contributed by atoms with Crippen LogP contribution in [0.1, 0.15) is 23.6 Å². The number of hydrogen-bond donors (Lipinski definition) is 2. The first-order valence-corrected chi connectivity index (χ1v) is 9.30. The van der Waals surface area contributed by atoms with Gasteiger partial charge in [0.15, 0.2) is 5.96 Å². The van der Waals surface area contributed by atoms with Crippen molar-refractivity contribution in [3.05, 3.63) is 64.4 Å². The van der Waals surface area contributed by atoms with Crippen LogP contribution in [0.15, 0.2) is 47.6 Å². The molecule has 0 bridgehead atoms. The molecule has 0 aliphatic heterocycles. The molecule has 5 nitrogen and oxygen atoms in total. The Labute approximate surface area is 161 Å². The van der Waals surface area contributed by atoms with E-state index in [0.717, 1.165) is 37.6 Å². The maximum absolute atomic E-state index is 5.82. The number of hydrogen-bond acceptors (Lipinski definition) is 3. The third-order valence-electron chi connectivity index (χ3n) is 3.85. The number of halogens is 1. The topological polar surface area (TPSA) is 52.6 Å². The second-order valence-corrected chi connectivity index (χ2v) is 6.75. The highest BCUT2D eigenvalue weighted by Gasteiger charge is 2.04. The van der Waals surface area contributed by atoms with Gasteiger partial charge in [-0.05, 0) is 50.2 Å². The van der Waals surface area contributed by atoms with Crippen LogP contribution in [0.3, 0.4) is 0 Å². The van der Waals surface area contributed by atoms with Crippen LogP contribution in [0.2, 0.25) is 5.15 Å². The molecule has 1 aromatic heterocycles. The maximum Gasteiger partial charge on any atom is 0.191 e. The Morgan fingerprint density at radius 3 is 2.54 bits per heavy atom. The number of nitrogens with one attached hydrogen (secondary N) is 2. The Morgan fingerprint density at radius 2 is 1.88 bits per heavy atom. The molecular weight excluding hydrogens is 346 g/mol. The van der Waals surface area contributed by atoms with Crippen molar-refractivity contribution >= 4 is 17.6 Å². The number of nitrogens with zero attached hydrogens (tertiary/aromatic N) is 3. The maximum atomic E-state index is 5.82. The number of rotatable bonds is 8. The average molecular weight is 374 g/mol. The summed E-state index contributed by atoms with van der Waals surface area (Å²) in [7, 11) is 4.16. The smallest absolute Gasteiger partial charge is 0.191 e. The van der Waals surface area contributed by atoms with Crippen LogP contribution in [-0.4, -0.2) is 43.0 Å². The fourth-order valence-corrected chi connectivity index (χ4v) is 2.70. The molecule has 0 amide bonds. The quantitative estimate of drug-likeness (QED) is 0.424. The largest absolute Gasteiger partial charge is 0.357 e. The predicted molar refractivity (Wildman–Crippen MR) is 110 cm³/mol. The van der Waals surface area contributed by atoms with Crippen molar-refractivity contribution in [2.75, 3.05) is 27.2 Å². The zero-order chi connectivity index (χ0) is 18.8. The summed E-state index contributed by atoms with van der Waals surface area (Å²) in [6.45, 7) is 5.25. The Kier molecular flexibility index (Phi) is 8.38. The molecule has 0 aliphatic rings. The molecule has 0 spiro atoms. The van der Waals surface area contributed by atoms with Crippen molar-refractivity contribution in [3.8, 4) is 0 Å². The zero-order valence-corrected chi connectivity index (χ0v) is 16.6. The molecule has 1 heterocycles.